The van der Waals surface area contributed by atoms with E-state index in [1.165, 1.54) is 16.7 Å². The molecular formula is C15H17N. The summed E-state index contributed by atoms with van der Waals surface area (Å²) in [5.74, 6) is 0. The minimum absolute atomic E-state index is 0.820. The van der Waals surface area contributed by atoms with E-state index < -0.39 is 0 Å². The first kappa shape index (κ1) is 10.7. The van der Waals surface area contributed by atoms with Gasteiger partial charge in [-0.2, -0.15) is 0 Å². The lowest BCUT2D eigenvalue weighted by atomic mass is 10.0. The van der Waals surface area contributed by atoms with Gasteiger partial charge < -0.3 is 5.73 Å². The molecule has 1 nitrogen and oxygen atoms in total. The fourth-order valence-electron chi connectivity index (χ4n) is 1.81. The van der Waals surface area contributed by atoms with Crippen molar-refractivity contribution >= 4 is 5.57 Å². The van der Waals surface area contributed by atoms with E-state index in [1.54, 1.807) is 0 Å². The van der Waals surface area contributed by atoms with E-state index in [9.17, 15) is 0 Å². The topological polar surface area (TPSA) is 26.0 Å². The first-order chi connectivity index (χ1) is 7.79. The molecule has 1 aliphatic rings. The molecule has 0 bridgehead atoms. The Labute approximate surface area is 97.0 Å². The molecule has 2 rings (SSSR count). The summed E-state index contributed by atoms with van der Waals surface area (Å²) in [5, 5.41) is 0. The lowest BCUT2D eigenvalue weighted by Gasteiger charge is -2.05. The van der Waals surface area contributed by atoms with Crippen molar-refractivity contribution in [2.24, 2.45) is 5.73 Å². The summed E-state index contributed by atoms with van der Waals surface area (Å²) in [6, 6.07) is 8.76. The summed E-state index contributed by atoms with van der Waals surface area (Å²) in [6.45, 7) is 2.17. The van der Waals surface area contributed by atoms with Gasteiger partial charge in [-0.1, -0.05) is 43.3 Å². The number of nitrogens with two attached hydrogens (primary N) is 1. The number of benzene rings is 1. The van der Waals surface area contributed by atoms with Crippen LogP contribution < -0.4 is 5.73 Å². The van der Waals surface area contributed by atoms with E-state index in [1.807, 2.05) is 12.2 Å². The van der Waals surface area contributed by atoms with Crippen LogP contribution in [0.1, 0.15) is 24.5 Å². The summed E-state index contributed by atoms with van der Waals surface area (Å²) in [4.78, 5) is 0. The second-order valence-electron chi connectivity index (χ2n) is 4.02. The highest BCUT2D eigenvalue weighted by molar-refractivity contribution is 5.69. The predicted octanol–water partition coefficient (Wildman–Crippen LogP) is 3.43. The Hall–Kier alpha value is -1.76. The van der Waals surface area contributed by atoms with Crippen LogP contribution in [0.3, 0.4) is 0 Å². The molecule has 1 aromatic rings. The highest BCUT2D eigenvalue weighted by Crippen LogP contribution is 2.21. The van der Waals surface area contributed by atoms with Crippen LogP contribution in [0.15, 0.2) is 54.3 Å². The maximum absolute atomic E-state index is 5.75. The van der Waals surface area contributed by atoms with Crippen molar-refractivity contribution < 1.29 is 0 Å². The zero-order valence-electron chi connectivity index (χ0n) is 9.61. The standard InChI is InChI=1S/C15H17N/c1-2-12-6-8-14(9-7-12)13-4-3-5-15(16)11-10-13/h3,5-11H,2,4,16H2,1H3. The Morgan fingerprint density at radius 2 is 1.88 bits per heavy atom. The molecule has 0 saturated carbocycles. The van der Waals surface area contributed by atoms with E-state index >= 15 is 0 Å². The van der Waals surface area contributed by atoms with Gasteiger partial charge >= 0.3 is 0 Å². The molecule has 1 aromatic carbocycles. The largest absolute Gasteiger partial charge is 0.399 e. The minimum atomic E-state index is 0.820. The highest BCUT2D eigenvalue weighted by atomic mass is 14.5. The Morgan fingerprint density at radius 1 is 1.12 bits per heavy atom. The number of rotatable bonds is 2. The molecule has 1 aliphatic carbocycles. The van der Waals surface area contributed by atoms with Crippen molar-refractivity contribution in [2.75, 3.05) is 0 Å². The van der Waals surface area contributed by atoms with Gasteiger partial charge in [-0.05, 0) is 41.7 Å². The fraction of sp³-hybridized carbons (Fsp3) is 0.200. The predicted molar refractivity (Wildman–Crippen MR) is 69.8 cm³/mol. The summed E-state index contributed by atoms with van der Waals surface area (Å²) >= 11 is 0. The van der Waals surface area contributed by atoms with Crippen LogP contribution in [0.2, 0.25) is 0 Å². The molecule has 0 aliphatic heterocycles. The first-order valence-corrected chi connectivity index (χ1v) is 5.72. The molecule has 0 unspecified atom stereocenters. The van der Waals surface area contributed by atoms with Crippen molar-refractivity contribution in [3.05, 3.63) is 65.4 Å². The smallest absolute Gasteiger partial charge is 0.0310 e. The van der Waals surface area contributed by atoms with Crippen LogP contribution in [0.5, 0.6) is 0 Å². The zero-order chi connectivity index (χ0) is 11.4. The maximum atomic E-state index is 5.75. The van der Waals surface area contributed by atoms with E-state index in [2.05, 4.69) is 43.3 Å². The quantitative estimate of drug-likeness (QED) is 0.796. The summed E-state index contributed by atoms with van der Waals surface area (Å²) < 4.78 is 0. The second-order valence-corrected chi connectivity index (χ2v) is 4.02. The monoisotopic (exact) mass is 211 g/mol. The zero-order valence-corrected chi connectivity index (χ0v) is 9.61. The Balaban J connectivity index is 2.27. The van der Waals surface area contributed by atoms with Gasteiger partial charge in [0.25, 0.3) is 0 Å². The lowest BCUT2D eigenvalue weighted by Crippen LogP contribution is -1.89. The van der Waals surface area contributed by atoms with Crippen LogP contribution in [0.4, 0.5) is 0 Å². The van der Waals surface area contributed by atoms with E-state index in [0.717, 1.165) is 18.5 Å². The van der Waals surface area contributed by atoms with Crippen LogP contribution in [-0.2, 0) is 6.42 Å². The third kappa shape index (κ3) is 2.43. The van der Waals surface area contributed by atoms with Gasteiger partial charge in [-0.15, -0.1) is 0 Å². The van der Waals surface area contributed by atoms with Crippen molar-refractivity contribution in [3.63, 3.8) is 0 Å². The molecule has 0 amide bonds. The van der Waals surface area contributed by atoms with Gasteiger partial charge in [0.15, 0.2) is 0 Å². The van der Waals surface area contributed by atoms with E-state index in [4.69, 9.17) is 5.73 Å². The average molecular weight is 211 g/mol. The lowest BCUT2D eigenvalue weighted by molar-refractivity contribution is 1.14. The number of hydrogen-bond donors (Lipinski definition) is 1. The number of allylic oxidation sites excluding steroid dienone is 5. The molecule has 0 radical (unpaired) electrons. The molecule has 0 aromatic heterocycles. The Morgan fingerprint density at radius 3 is 2.56 bits per heavy atom. The van der Waals surface area contributed by atoms with E-state index in [-0.39, 0.29) is 0 Å². The van der Waals surface area contributed by atoms with E-state index in [0.29, 0.717) is 0 Å². The summed E-state index contributed by atoms with van der Waals surface area (Å²) in [6.07, 6.45) is 10.2. The molecule has 0 heterocycles. The van der Waals surface area contributed by atoms with Crippen LogP contribution in [0, 0.1) is 0 Å². The Bertz CT molecular complexity index is 447. The normalized spacial score (nSPS) is 15.3. The third-order valence-electron chi connectivity index (χ3n) is 2.86. The maximum Gasteiger partial charge on any atom is 0.0310 e. The molecule has 2 N–H and O–H groups in total. The molecule has 0 fully saturated rings. The van der Waals surface area contributed by atoms with Gasteiger partial charge in [0.1, 0.15) is 0 Å². The van der Waals surface area contributed by atoms with Crippen LogP contribution in [0.25, 0.3) is 5.57 Å². The first-order valence-electron chi connectivity index (χ1n) is 5.72. The van der Waals surface area contributed by atoms with Gasteiger partial charge in [0.2, 0.25) is 0 Å². The third-order valence-corrected chi connectivity index (χ3v) is 2.86. The van der Waals surface area contributed by atoms with Crippen LogP contribution in [-0.4, -0.2) is 0 Å². The molecule has 1 heteroatoms. The van der Waals surface area contributed by atoms with Crippen molar-refractivity contribution in [1.82, 2.24) is 0 Å². The van der Waals surface area contributed by atoms with Crippen molar-refractivity contribution in [2.45, 2.75) is 19.8 Å². The van der Waals surface area contributed by atoms with Crippen LogP contribution >= 0.6 is 0 Å². The SMILES string of the molecule is CCc1ccc(C2=CC=C(N)C=CC2)cc1. The number of aryl methyl sites for hydroxylation is 1. The average Bonchev–Trinajstić information content (AvgIpc) is 2.54. The molecule has 0 spiro atoms. The molecule has 82 valence electrons. The minimum Gasteiger partial charge on any atom is -0.399 e. The summed E-state index contributed by atoms with van der Waals surface area (Å²) in [5.41, 5.74) is 10.6. The molecule has 0 atom stereocenters. The van der Waals surface area contributed by atoms with Gasteiger partial charge in [0, 0.05) is 5.70 Å². The van der Waals surface area contributed by atoms with Gasteiger partial charge in [0.05, 0.1) is 0 Å². The molecular weight excluding hydrogens is 194 g/mol. The summed E-state index contributed by atoms with van der Waals surface area (Å²) in [7, 11) is 0. The van der Waals surface area contributed by atoms with Crippen molar-refractivity contribution in [3.8, 4) is 0 Å². The highest BCUT2D eigenvalue weighted by Gasteiger charge is 2.01. The van der Waals surface area contributed by atoms with Gasteiger partial charge in [-0.3, -0.25) is 0 Å². The molecule has 16 heavy (non-hydrogen) atoms. The Kier molecular flexibility index (Phi) is 3.25. The number of hydrogen-bond acceptors (Lipinski definition) is 1. The van der Waals surface area contributed by atoms with Crippen molar-refractivity contribution in [1.29, 1.82) is 0 Å². The fourth-order valence-corrected chi connectivity index (χ4v) is 1.81. The van der Waals surface area contributed by atoms with Gasteiger partial charge in [-0.25, -0.2) is 0 Å². The molecule has 0 saturated heterocycles. The second kappa shape index (κ2) is 4.84.